The molecule has 17 heavy (non-hydrogen) atoms. The molecule has 2 heterocycles. The van der Waals surface area contributed by atoms with Crippen LogP contribution in [-0.2, 0) is 6.54 Å². The van der Waals surface area contributed by atoms with Gasteiger partial charge in [0.05, 0.1) is 0 Å². The third-order valence-electron chi connectivity index (χ3n) is 3.65. The van der Waals surface area contributed by atoms with Crippen LogP contribution in [0.1, 0.15) is 37.9 Å². The predicted octanol–water partition coefficient (Wildman–Crippen LogP) is 2.57. The molecule has 0 saturated carbocycles. The van der Waals surface area contributed by atoms with Gasteiger partial charge in [0.15, 0.2) is 0 Å². The van der Waals surface area contributed by atoms with E-state index in [2.05, 4.69) is 29.8 Å². The van der Waals surface area contributed by atoms with Gasteiger partial charge in [-0.1, -0.05) is 13.0 Å². The molecule has 0 N–H and O–H groups in total. The van der Waals surface area contributed by atoms with Crippen molar-refractivity contribution in [2.45, 2.75) is 39.3 Å². The number of rotatable bonds is 2. The first-order valence-electron chi connectivity index (χ1n) is 6.28. The van der Waals surface area contributed by atoms with Crippen molar-refractivity contribution in [3.05, 3.63) is 29.6 Å². The highest BCUT2D eigenvalue weighted by molar-refractivity contribution is 5.30. The standard InChI is InChI=1S/C14H19N3/c1-11-5-7-17(12(2)8-11)10-13-4-3-6-16-14(13)9-15/h3-4,6,11-12H,5,7-8,10H2,1-2H3. The molecule has 1 aromatic rings. The van der Waals surface area contributed by atoms with Crippen LogP contribution in [-0.4, -0.2) is 22.5 Å². The zero-order valence-electron chi connectivity index (χ0n) is 10.6. The second kappa shape index (κ2) is 5.29. The SMILES string of the molecule is CC1CCN(Cc2cccnc2C#N)C(C)C1. The smallest absolute Gasteiger partial charge is 0.144 e. The van der Waals surface area contributed by atoms with Gasteiger partial charge in [-0.05, 0) is 38.3 Å². The molecule has 2 atom stereocenters. The third-order valence-corrected chi connectivity index (χ3v) is 3.65. The van der Waals surface area contributed by atoms with Crippen molar-refractivity contribution in [1.29, 1.82) is 5.26 Å². The Labute approximate surface area is 103 Å². The van der Waals surface area contributed by atoms with Crippen LogP contribution in [0.5, 0.6) is 0 Å². The Morgan fingerprint density at radius 1 is 1.53 bits per heavy atom. The van der Waals surface area contributed by atoms with Crippen LogP contribution < -0.4 is 0 Å². The van der Waals surface area contributed by atoms with Gasteiger partial charge in [0.1, 0.15) is 11.8 Å². The molecule has 0 spiro atoms. The van der Waals surface area contributed by atoms with Gasteiger partial charge in [0.2, 0.25) is 0 Å². The van der Waals surface area contributed by atoms with Gasteiger partial charge in [-0.25, -0.2) is 4.98 Å². The van der Waals surface area contributed by atoms with Gasteiger partial charge in [-0.3, -0.25) is 4.90 Å². The lowest BCUT2D eigenvalue weighted by molar-refractivity contribution is 0.122. The van der Waals surface area contributed by atoms with Gasteiger partial charge in [0.25, 0.3) is 0 Å². The first kappa shape index (κ1) is 12.1. The first-order chi connectivity index (χ1) is 8.20. The Hall–Kier alpha value is -1.40. The Morgan fingerprint density at radius 2 is 2.35 bits per heavy atom. The van der Waals surface area contributed by atoms with E-state index >= 15 is 0 Å². The van der Waals surface area contributed by atoms with Crippen molar-refractivity contribution in [3.8, 4) is 6.07 Å². The van der Waals surface area contributed by atoms with Crippen LogP contribution in [0.2, 0.25) is 0 Å². The third kappa shape index (κ3) is 2.83. The summed E-state index contributed by atoms with van der Waals surface area (Å²) in [6.07, 6.45) is 4.19. The summed E-state index contributed by atoms with van der Waals surface area (Å²) in [5.41, 5.74) is 1.62. The second-order valence-corrected chi connectivity index (χ2v) is 5.07. The molecule has 0 bridgehead atoms. The lowest BCUT2D eigenvalue weighted by Gasteiger charge is -2.36. The van der Waals surface area contributed by atoms with Crippen LogP contribution >= 0.6 is 0 Å². The normalized spacial score (nSPS) is 25.5. The number of nitriles is 1. The molecule has 3 heteroatoms. The Kier molecular flexibility index (Phi) is 3.75. The molecule has 1 aliphatic heterocycles. The zero-order chi connectivity index (χ0) is 12.3. The zero-order valence-corrected chi connectivity index (χ0v) is 10.6. The van der Waals surface area contributed by atoms with Crippen molar-refractivity contribution in [2.75, 3.05) is 6.54 Å². The molecule has 3 nitrogen and oxygen atoms in total. The second-order valence-electron chi connectivity index (χ2n) is 5.07. The number of hydrogen-bond donors (Lipinski definition) is 0. The number of likely N-dealkylation sites (tertiary alicyclic amines) is 1. The number of aromatic nitrogens is 1. The number of pyridine rings is 1. The van der Waals surface area contributed by atoms with E-state index in [9.17, 15) is 0 Å². The van der Waals surface area contributed by atoms with E-state index in [-0.39, 0.29) is 0 Å². The topological polar surface area (TPSA) is 39.9 Å². The molecule has 0 amide bonds. The van der Waals surface area contributed by atoms with Crippen LogP contribution in [0.15, 0.2) is 18.3 Å². The fraction of sp³-hybridized carbons (Fsp3) is 0.571. The molecule has 2 unspecified atom stereocenters. The minimum absolute atomic E-state index is 0.568. The Morgan fingerprint density at radius 3 is 3.06 bits per heavy atom. The molecule has 2 rings (SSSR count). The van der Waals surface area contributed by atoms with Crippen LogP contribution in [0.3, 0.4) is 0 Å². The minimum Gasteiger partial charge on any atom is -0.296 e. The molecule has 1 aliphatic rings. The maximum Gasteiger partial charge on any atom is 0.144 e. The van der Waals surface area contributed by atoms with Gasteiger partial charge in [-0.2, -0.15) is 5.26 Å². The number of nitrogens with zero attached hydrogens (tertiary/aromatic N) is 3. The first-order valence-corrected chi connectivity index (χ1v) is 6.28. The van der Waals surface area contributed by atoms with Crippen molar-refractivity contribution in [3.63, 3.8) is 0 Å². The maximum absolute atomic E-state index is 9.02. The molecular weight excluding hydrogens is 210 g/mol. The summed E-state index contributed by atoms with van der Waals surface area (Å²) >= 11 is 0. The highest BCUT2D eigenvalue weighted by atomic mass is 15.2. The van der Waals surface area contributed by atoms with Crippen molar-refractivity contribution in [1.82, 2.24) is 9.88 Å². The fourth-order valence-electron chi connectivity index (χ4n) is 2.58. The highest BCUT2D eigenvalue weighted by Gasteiger charge is 2.23. The summed E-state index contributed by atoms with van der Waals surface area (Å²) in [6.45, 7) is 6.57. The summed E-state index contributed by atoms with van der Waals surface area (Å²) in [5, 5.41) is 9.02. The molecule has 1 fully saturated rings. The Balaban J connectivity index is 2.08. The molecule has 0 aliphatic carbocycles. The largest absolute Gasteiger partial charge is 0.296 e. The van der Waals surface area contributed by atoms with E-state index in [1.54, 1.807) is 6.20 Å². The number of hydrogen-bond acceptors (Lipinski definition) is 3. The van der Waals surface area contributed by atoms with Crippen LogP contribution in [0.25, 0.3) is 0 Å². The highest BCUT2D eigenvalue weighted by Crippen LogP contribution is 2.24. The lowest BCUT2D eigenvalue weighted by atomic mass is 9.93. The summed E-state index contributed by atoms with van der Waals surface area (Å²) < 4.78 is 0. The molecule has 1 aromatic heterocycles. The summed E-state index contributed by atoms with van der Waals surface area (Å²) in [7, 11) is 0. The van der Waals surface area contributed by atoms with Crippen molar-refractivity contribution in [2.24, 2.45) is 5.92 Å². The molecule has 0 radical (unpaired) electrons. The van der Waals surface area contributed by atoms with E-state index in [0.717, 1.165) is 24.6 Å². The molecule has 1 saturated heterocycles. The van der Waals surface area contributed by atoms with E-state index in [1.807, 2.05) is 12.1 Å². The quantitative estimate of drug-likeness (QED) is 0.782. The summed E-state index contributed by atoms with van der Waals surface area (Å²) in [5.74, 6) is 0.825. The maximum atomic E-state index is 9.02. The Bertz CT molecular complexity index is 422. The minimum atomic E-state index is 0.568. The fourth-order valence-corrected chi connectivity index (χ4v) is 2.58. The molecule has 0 aromatic carbocycles. The van der Waals surface area contributed by atoms with E-state index in [0.29, 0.717) is 11.7 Å². The van der Waals surface area contributed by atoms with Gasteiger partial charge < -0.3 is 0 Å². The van der Waals surface area contributed by atoms with E-state index in [4.69, 9.17) is 5.26 Å². The average Bonchev–Trinajstić information content (AvgIpc) is 2.33. The summed E-state index contributed by atoms with van der Waals surface area (Å²) in [6, 6.07) is 6.69. The molecule has 90 valence electrons. The van der Waals surface area contributed by atoms with Gasteiger partial charge in [-0.15, -0.1) is 0 Å². The van der Waals surface area contributed by atoms with E-state index < -0.39 is 0 Å². The van der Waals surface area contributed by atoms with Crippen molar-refractivity contribution < 1.29 is 0 Å². The van der Waals surface area contributed by atoms with Crippen LogP contribution in [0, 0.1) is 17.2 Å². The summed E-state index contributed by atoms with van der Waals surface area (Å²) in [4.78, 5) is 6.57. The monoisotopic (exact) mass is 229 g/mol. The molecular formula is C14H19N3. The average molecular weight is 229 g/mol. The van der Waals surface area contributed by atoms with Gasteiger partial charge >= 0.3 is 0 Å². The number of piperidine rings is 1. The van der Waals surface area contributed by atoms with Gasteiger partial charge in [0, 0.05) is 24.3 Å². The lowest BCUT2D eigenvalue weighted by Crippen LogP contribution is -2.39. The van der Waals surface area contributed by atoms with Crippen LogP contribution in [0.4, 0.5) is 0 Å². The van der Waals surface area contributed by atoms with E-state index in [1.165, 1.54) is 12.8 Å². The van der Waals surface area contributed by atoms with Crippen molar-refractivity contribution >= 4 is 0 Å². The predicted molar refractivity (Wildman–Crippen MR) is 67.2 cm³/mol.